The van der Waals surface area contributed by atoms with E-state index in [0.717, 1.165) is 22.0 Å². The first-order valence-electron chi connectivity index (χ1n) is 7.08. The lowest BCUT2D eigenvalue weighted by molar-refractivity contribution is -0.118. The summed E-state index contributed by atoms with van der Waals surface area (Å²) in [4.78, 5) is 18.0. The molecule has 0 atom stereocenters. The van der Waals surface area contributed by atoms with Crippen LogP contribution in [0.2, 0.25) is 0 Å². The van der Waals surface area contributed by atoms with Gasteiger partial charge in [-0.15, -0.1) is 11.3 Å². The molecule has 118 valence electrons. The number of aryl methyl sites for hydroxylation is 1. The molecule has 1 amide bonds. The van der Waals surface area contributed by atoms with Crippen molar-refractivity contribution in [3.05, 3.63) is 59.1 Å². The molecule has 6 heteroatoms. The normalized spacial score (nSPS) is 10.9. The van der Waals surface area contributed by atoms with Crippen LogP contribution in [0.15, 0.2) is 41.9 Å². The fraction of sp³-hybridized carbons (Fsp3) is 0.176. The fourth-order valence-corrected chi connectivity index (χ4v) is 3.03. The molecular weight excluding hydrogens is 318 g/mol. The van der Waals surface area contributed by atoms with Crippen molar-refractivity contribution in [3.63, 3.8) is 0 Å². The van der Waals surface area contributed by atoms with E-state index in [1.807, 2.05) is 18.2 Å². The molecule has 2 aromatic carbocycles. The van der Waals surface area contributed by atoms with Gasteiger partial charge in [0.2, 0.25) is 5.91 Å². The average molecular weight is 332 g/mol. The number of fused-ring (bicyclic) bond motifs is 1. The predicted molar refractivity (Wildman–Crippen MR) is 87.7 cm³/mol. The quantitative estimate of drug-likeness (QED) is 0.718. The zero-order chi connectivity index (χ0) is 16.4. The summed E-state index contributed by atoms with van der Waals surface area (Å²) >= 11 is 1.54. The minimum absolute atomic E-state index is 0.121. The molecule has 23 heavy (non-hydrogen) atoms. The number of carbonyl (C=O) groups is 1. The third-order valence-corrected chi connectivity index (χ3v) is 4.44. The maximum absolute atomic E-state index is 13.2. The summed E-state index contributed by atoms with van der Waals surface area (Å²) in [6.45, 7) is 0. The molecule has 0 aliphatic heterocycles. The lowest BCUT2D eigenvalue weighted by Crippen LogP contribution is -2.26. The number of aromatic nitrogens is 1. The molecule has 0 spiro atoms. The second-order valence-electron chi connectivity index (χ2n) is 5.23. The smallest absolute Gasteiger partial charge is 0.227 e. The minimum atomic E-state index is -0.630. The van der Waals surface area contributed by atoms with Crippen LogP contribution in [0.5, 0.6) is 0 Å². The highest BCUT2D eigenvalue weighted by atomic mass is 32.1. The Labute approximate surface area is 136 Å². The van der Waals surface area contributed by atoms with Gasteiger partial charge in [-0.2, -0.15) is 0 Å². The van der Waals surface area contributed by atoms with Crippen LogP contribution in [0.4, 0.5) is 14.5 Å². The molecule has 3 aromatic rings. The van der Waals surface area contributed by atoms with Gasteiger partial charge in [0.05, 0.1) is 15.7 Å². The van der Waals surface area contributed by atoms with Gasteiger partial charge in [0.15, 0.2) is 0 Å². The molecule has 1 aromatic heterocycles. The van der Waals surface area contributed by atoms with E-state index >= 15 is 0 Å². The number of halogens is 2. The summed E-state index contributed by atoms with van der Waals surface area (Å²) in [6, 6.07) is 8.95. The highest BCUT2D eigenvalue weighted by molar-refractivity contribution is 7.16. The van der Waals surface area contributed by atoms with Crippen molar-refractivity contribution in [3.8, 4) is 0 Å². The van der Waals surface area contributed by atoms with Crippen LogP contribution in [0, 0.1) is 11.6 Å². The van der Waals surface area contributed by atoms with E-state index in [1.165, 1.54) is 17.0 Å². The maximum atomic E-state index is 13.2. The number of rotatable bonds is 4. The van der Waals surface area contributed by atoms with Crippen LogP contribution < -0.4 is 4.90 Å². The van der Waals surface area contributed by atoms with E-state index in [2.05, 4.69) is 4.98 Å². The minimum Gasteiger partial charge on any atom is -0.315 e. The van der Waals surface area contributed by atoms with Gasteiger partial charge in [-0.3, -0.25) is 4.79 Å². The Balaban J connectivity index is 1.69. The molecule has 1 heterocycles. The number of nitrogens with zero attached hydrogens (tertiary/aromatic N) is 2. The van der Waals surface area contributed by atoms with Crippen LogP contribution >= 0.6 is 11.3 Å². The van der Waals surface area contributed by atoms with E-state index in [1.54, 1.807) is 23.9 Å². The largest absolute Gasteiger partial charge is 0.315 e. The third kappa shape index (κ3) is 3.53. The molecule has 0 bridgehead atoms. The van der Waals surface area contributed by atoms with Crippen molar-refractivity contribution in [2.45, 2.75) is 12.8 Å². The molecule has 0 saturated heterocycles. The fourth-order valence-electron chi connectivity index (χ4n) is 2.37. The van der Waals surface area contributed by atoms with Crippen LogP contribution in [0.1, 0.15) is 12.0 Å². The first-order chi connectivity index (χ1) is 11.0. The number of hydrogen-bond donors (Lipinski definition) is 0. The van der Waals surface area contributed by atoms with Crippen molar-refractivity contribution in [1.29, 1.82) is 0 Å². The van der Waals surface area contributed by atoms with Crippen molar-refractivity contribution in [2.75, 3.05) is 11.9 Å². The van der Waals surface area contributed by atoms with Crippen molar-refractivity contribution < 1.29 is 13.6 Å². The molecule has 0 radical (unpaired) electrons. The predicted octanol–water partition coefficient (Wildman–Crippen LogP) is 4.17. The number of benzene rings is 2. The zero-order valence-electron chi connectivity index (χ0n) is 12.4. The maximum Gasteiger partial charge on any atom is 0.227 e. The van der Waals surface area contributed by atoms with E-state index < -0.39 is 11.6 Å². The van der Waals surface area contributed by atoms with Gasteiger partial charge >= 0.3 is 0 Å². The van der Waals surface area contributed by atoms with Crippen LogP contribution in [0.25, 0.3) is 10.2 Å². The summed E-state index contributed by atoms with van der Waals surface area (Å²) < 4.78 is 27.4. The molecule has 0 unspecified atom stereocenters. The summed E-state index contributed by atoms with van der Waals surface area (Å²) in [6.07, 6.45) is 0.464. The summed E-state index contributed by atoms with van der Waals surface area (Å²) in [7, 11) is 1.68. The summed E-state index contributed by atoms with van der Waals surface area (Å²) in [5, 5.41) is 0. The number of thiazole rings is 1. The lowest BCUT2D eigenvalue weighted by atomic mass is 10.1. The number of anilines is 1. The SMILES string of the molecule is CN(C(=O)CCc1cc(F)cc(F)c1)c1ccc2scnc2c1. The number of carbonyl (C=O) groups excluding carboxylic acids is 1. The van der Waals surface area contributed by atoms with Gasteiger partial charge in [0.1, 0.15) is 11.6 Å². The summed E-state index contributed by atoms with van der Waals surface area (Å²) in [5.41, 5.74) is 3.83. The van der Waals surface area contributed by atoms with Crippen molar-refractivity contribution in [1.82, 2.24) is 4.98 Å². The molecule has 0 saturated carbocycles. The molecule has 0 aliphatic carbocycles. The van der Waals surface area contributed by atoms with E-state index in [-0.39, 0.29) is 18.7 Å². The highest BCUT2D eigenvalue weighted by Crippen LogP contribution is 2.24. The van der Waals surface area contributed by atoms with E-state index in [9.17, 15) is 13.6 Å². The lowest BCUT2D eigenvalue weighted by Gasteiger charge is -2.17. The number of amides is 1. The Kier molecular flexibility index (Phi) is 4.34. The Morgan fingerprint density at radius 3 is 2.65 bits per heavy atom. The second kappa shape index (κ2) is 6.42. The Morgan fingerprint density at radius 1 is 1.17 bits per heavy atom. The number of hydrogen-bond acceptors (Lipinski definition) is 3. The van der Waals surface area contributed by atoms with Gasteiger partial charge in [-0.05, 0) is 42.3 Å². The van der Waals surface area contributed by atoms with Crippen LogP contribution in [-0.4, -0.2) is 17.9 Å². The molecule has 3 rings (SSSR count). The monoisotopic (exact) mass is 332 g/mol. The topological polar surface area (TPSA) is 33.2 Å². The van der Waals surface area contributed by atoms with Crippen molar-refractivity contribution >= 4 is 33.1 Å². The molecule has 0 fully saturated rings. The molecule has 3 nitrogen and oxygen atoms in total. The third-order valence-electron chi connectivity index (χ3n) is 3.63. The van der Waals surface area contributed by atoms with Gasteiger partial charge in [-0.25, -0.2) is 13.8 Å². The molecule has 0 aliphatic rings. The Hall–Kier alpha value is -2.34. The van der Waals surface area contributed by atoms with Gasteiger partial charge in [0.25, 0.3) is 0 Å². The first-order valence-corrected chi connectivity index (χ1v) is 7.95. The van der Waals surface area contributed by atoms with E-state index in [0.29, 0.717) is 5.56 Å². The zero-order valence-corrected chi connectivity index (χ0v) is 13.2. The van der Waals surface area contributed by atoms with Crippen LogP contribution in [-0.2, 0) is 11.2 Å². The molecular formula is C17H14F2N2OS. The second-order valence-corrected chi connectivity index (χ2v) is 6.12. The Morgan fingerprint density at radius 2 is 1.91 bits per heavy atom. The highest BCUT2D eigenvalue weighted by Gasteiger charge is 2.12. The first kappa shape index (κ1) is 15.6. The average Bonchev–Trinajstić information content (AvgIpc) is 2.98. The van der Waals surface area contributed by atoms with Gasteiger partial charge < -0.3 is 4.90 Å². The van der Waals surface area contributed by atoms with Crippen molar-refractivity contribution in [2.24, 2.45) is 0 Å². The van der Waals surface area contributed by atoms with Crippen LogP contribution in [0.3, 0.4) is 0 Å². The standard InChI is InChI=1S/C17H14F2N2OS/c1-21(14-3-4-16-15(9-14)20-10-23-16)17(22)5-2-11-6-12(18)8-13(19)7-11/h3-4,6-10H,2,5H2,1H3. The van der Waals surface area contributed by atoms with Gasteiger partial charge in [-0.1, -0.05) is 0 Å². The summed E-state index contributed by atoms with van der Waals surface area (Å²) in [5.74, 6) is -1.38. The Bertz CT molecular complexity index is 842. The van der Waals surface area contributed by atoms with E-state index in [4.69, 9.17) is 0 Å². The molecule has 0 N–H and O–H groups in total. The van der Waals surface area contributed by atoms with Gasteiger partial charge in [0, 0.05) is 25.2 Å².